The fraction of sp³-hybridized carbons (Fsp3) is 0.118. The summed E-state index contributed by atoms with van der Waals surface area (Å²) in [6.07, 6.45) is 1.58. The van der Waals surface area contributed by atoms with E-state index in [4.69, 9.17) is 0 Å². The number of carbonyl (C=O) groups excluding carboxylic acids is 1. The van der Waals surface area contributed by atoms with E-state index in [0.717, 1.165) is 20.3 Å². The number of halogens is 2. The van der Waals surface area contributed by atoms with E-state index in [1.165, 1.54) is 10.6 Å². The first-order valence-corrected chi connectivity index (χ1v) is 8.99. The summed E-state index contributed by atoms with van der Waals surface area (Å²) in [5.74, 6) is 0.236. The summed E-state index contributed by atoms with van der Waals surface area (Å²) in [6.45, 7) is 1.77. The summed E-state index contributed by atoms with van der Waals surface area (Å²) in [4.78, 5) is 24.2. The van der Waals surface area contributed by atoms with Gasteiger partial charge in [0.1, 0.15) is 12.4 Å². The van der Waals surface area contributed by atoms with Gasteiger partial charge in [-0.3, -0.25) is 9.59 Å². The van der Waals surface area contributed by atoms with Gasteiger partial charge in [0, 0.05) is 27.3 Å². The Balaban J connectivity index is 1.85. The maximum Gasteiger partial charge on any atom is 0.251 e. The molecule has 25 heavy (non-hydrogen) atoms. The lowest BCUT2D eigenvalue weighted by molar-refractivity contribution is -0.116. The highest BCUT2D eigenvalue weighted by Gasteiger charge is 2.12. The van der Waals surface area contributed by atoms with Crippen LogP contribution in [0, 0.1) is 6.92 Å². The first-order chi connectivity index (χ1) is 11.9. The van der Waals surface area contributed by atoms with E-state index in [9.17, 15) is 9.59 Å². The maximum atomic E-state index is 12.4. The van der Waals surface area contributed by atoms with Gasteiger partial charge in [-0.25, -0.2) is 4.68 Å². The van der Waals surface area contributed by atoms with Crippen molar-refractivity contribution in [1.82, 2.24) is 14.3 Å². The van der Waals surface area contributed by atoms with Crippen molar-refractivity contribution in [1.29, 1.82) is 0 Å². The summed E-state index contributed by atoms with van der Waals surface area (Å²) >= 11 is 6.73. The van der Waals surface area contributed by atoms with Crippen molar-refractivity contribution in [3.05, 3.63) is 73.7 Å². The molecule has 2 heterocycles. The van der Waals surface area contributed by atoms with Gasteiger partial charge in [-0.05, 0) is 47.1 Å². The first kappa shape index (κ1) is 17.6. The normalized spacial score (nSPS) is 10.7. The third-order valence-electron chi connectivity index (χ3n) is 3.41. The molecule has 0 unspecified atom stereocenters. The number of aryl methyl sites for hydroxylation is 1. The smallest absolute Gasteiger partial charge is 0.251 e. The molecule has 1 aromatic carbocycles. The number of aromatic nitrogens is 3. The van der Waals surface area contributed by atoms with Crippen LogP contribution in [0.25, 0.3) is 5.69 Å². The summed E-state index contributed by atoms with van der Waals surface area (Å²) in [6, 6.07) is 12.4. The second-order valence-corrected chi connectivity index (χ2v) is 7.26. The van der Waals surface area contributed by atoms with Crippen LogP contribution in [-0.2, 0) is 11.3 Å². The van der Waals surface area contributed by atoms with Crippen molar-refractivity contribution in [2.45, 2.75) is 13.5 Å². The van der Waals surface area contributed by atoms with Gasteiger partial charge >= 0.3 is 0 Å². The van der Waals surface area contributed by atoms with E-state index in [0.29, 0.717) is 5.82 Å². The van der Waals surface area contributed by atoms with Crippen LogP contribution in [0.5, 0.6) is 0 Å². The fourth-order valence-electron chi connectivity index (χ4n) is 2.36. The molecule has 0 bridgehead atoms. The molecule has 0 aliphatic rings. The zero-order valence-corrected chi connectivity index (χ0v) is 16.4. The third kappa shape index (κ3) is 4.26. The van der Waals surface area contributed by atoms with E-state index in [1.807, 2.05) is 31.2 Å². The number of nitrogens with zero attached hydrogens (tertiary/aromatic N) is 3. The molecular weight excluding hydrogens is 452 g/mol. The van der Waals surface area contributed by atoms with Gasteiger partial charge in [-0.15, -0.1) is 0 Å². The minimum absolute atomic E-state index is 0.0824. The van der Waals surface area contributed by atoms with Crippen molar-refractivity contribution in [3.63, 3.8) is 0 Å². The molecule has 2 aromatic heterocycles. The van der Waals surface area contributed by atoms with Crippen LogP contribution in [-0.4, -0.2) is 20.3 Å². The number of anilines is 1. The molecule has 0 saturated carbocycles. The Kier molecular flexibility index (Phi) is 5.19. The molecule has 0 atom stereocenters. The average molecular weight is 466 g/mol. The Bertz CT molecular complexity index is 994. The largest absolute Gasteiger partial charge is 0.309 e. The van der Waals surface area contributed by atoms with Gasteiger partial charge in [-0.2, -0.15) is 5.10 Å². The lowest BCUT2D eigenvalue weighted by Crippen LogP contribution is -2.27. The Morgan fingerprint density at radius 3 is 2.72 bits per heavy atom. The van der Waals surface area contributed by atoms with Crippen LogP contribution < -0.4 is 10.9 Å². The lowest BCUT2D eigenvalue weighted by Gasteiger charge is -2.10. The number of nitrogens with one attached hydrogen (secondary N) is 1. The van der Waals surface area contributed by atoms with Crippen molar-refractivity contribution in [2.24, 2.45) is 0 Å². The van der Waals surface area contributed by atoms with E-state index in [-0.39, 0.29) is 18.0 Å². The van der Waals surface area contributed by atoms with Gasteiger partial charge in [0.2, 0.25) is 5.91 Å². The molecule has 0 aliphatic heterocycles. The Hall–Kier alpha value is -2.19. The molecule has 0 aliphatic carbocycles. The van der Waals surface area contributed by atoms with Crippen LogP contribution in [0.15, 0.2) is 62.4 Å². The molecule has 1 N–H and O–H groups in total. The van der Waals surface area contributed by atoms with Gasteiger partial charge in [-0.1, -0.05) is 22.0 Å². The highest BCUT2D eigenvalue weighted by molar-refractivity contribution is 9.10. The SMILES string of the molecule is Cc1cc(NC(=O)Cn2cc(Br)ccc2=O)n(-c2cccc(Br)c2)n1. The van der Waals surface area contributed by atoms with E-state index in [2.05, 4.69) is 42.3 Å². The number of carbonyl (C=O) groups is 1. The minimum atomic E-state index is -0.309. The van der Waals surface area contributed by atoms with E-state index in [1.54, 1.807) is 23.0 Å². The molecular formula is C17H14Br2N4O2. The first-order valence-electron chi connectivity index (χ1n) is 7.41. The predicted octanol–water partition coefficient (Wildman–Crippen LogP) is 3.51. The lowest BCUT2D eigenvalue weighted by atomic mass is 10.3. The number of hydrogen-bond donors (Lipinski definition) is 1. The molecule has 3 rings (SSSR count). The second kappa shape index (κ2) is 7.37. The Morgan fingerprint density at radius 1 is 1.16 bits per heavy atom. The fourth-order valence-corrected chi connectivity index (χ4v) is 3.12. The number of amides is 1. The molecule has 128 valence electrons. The molecule has 0 fully saturated rings. The summed E-state index contributed by atoms with van der Waals surface area (Å²) in [5, 5.41) is 7.23. The molecule has 0 radical (unpaired) electrons. The number of hydrogen-bond acceptors (Lipinski definition) is 3. The van der Waals surface area contributed by atoms with Crippen LogP contribution >= 0.6 is 31.9 Å². The monoisotopic (exact) mass is 464 g/mol. The summed E-state index contributed by atoms with van der Waals surface area (Å²) in [5.41, 5.74) is 1.35. The van der Waals surface area contributed by atoms with Crippen LogP contribution in [0.4, 0.5) is 5.82 Å². The standard InChI is InChI=1S/C17H14Br2N4O2/c1-11-7-15(23(21-11)14-4-2-3-12(18)8-14)20-16(24)10-22-9-13(19)5-6-17(22)25/h2-9H,10H2,1H3,(H,20,24). The molecule has 6 nitrogen and oxygen atoms in total. The second-order valence-electron chi connectivity index (χ2n) is 5.42. The molecule has 3 aromatic rings. The zero-order chi connectivity index (χ0) is 18.0. The third-order valence-corrected chi connectivity index (χ3v) is 4.38. The predicted molar refractivity (Wildman–Crippen MR) is 103 cm³/mol. The highest BCUT2D eigenvalue weighted by Crippen LogP contribution is 2.20. The Labute approximate surface area is 160 Å². The highest BCUT2D eigenvalue weighted by atomic mass is 79.9. The van der Waals surface area contributed by atoms with Gasteiger partial charge in [0.05, 0.1) is 11.4 Å². The maximum absolute atomic E-state index is 12.4. The van der Waals surface area contributed by atoms with E-state index < -0.39 is 0 Å². The number of rotatable bonds is 4. The van der Waals surface area contributed by atoms with Crippen molar-refractivity contribution >= 4 is 43.6 Å². The van der Waals surface area contributed by atoms with Crippen LogP contribution in [0.2, 0.25) is 0 Å². The van der Waals surface area contributed by atoms with Crippen LogP contribution in [0.3, 0.4) is 0 Å². The topological polar surface area (TPSA) is 68.9 Å². The Morgan fingerprint density at radius 2 is 1.96 bits per heavy atom. The van der Waals surface area contributed by atoms with Crippen molar-refractivity contribution in [3.8, 4) is 5.69 Å². The molecule has 0 saturated heterocycles. The number of benzene rings is 1. The number of pyridine rings is 1. The molecule has 1 amide bonds. The quantitative estimate of drug-likeness (QED) is 0.641. The van der Waals surface area contributed by atoms with Gasteiger partial charge < -0.3 is 9.88 Å². The molecule has 0 spiro atoms. The van der Waals surface area contributed by atoms with Crippen LogP contribution in [0.1, 0.15) is 5.69 Å². The summed E-state index contributed by atoms with van der Waals surface area (Å²) in [7, 11) is 0. The van der Waals surface area contributed by atoms with E-state index >= 15 is 0 Å². The van der Waals surface area contributed by atoms with Crippen molar-refractivity contribution in [2.75, 3.05) is 5.32 Å². The van der Waals surface area contributed by atoms with Crippen molar-refractivity contribution < 1.29 is 4.79 Å². The minimum Gasteiger partial charge on any atom is -0.309 e. The van der Waals surface area contributed by atoms with Gasteiger partial charge in [0.15, 0.2) is 0 Å². The molecule has 8 heteroatoms. The summed E-state index contributed by atoms with van der Waals surface area (Å²) < 4.78 is 4.64. The van der Waals surface area contributed by atoms with Gasteiger partial charge in [0.25, 0.3) is 5.56 Å². The average Bonchev–Trinajstić information content (AvgIpc) is 2.91. The zero-order valence-electron chi connectivity index (χ0n) is 13.2.